The van der Waals surface area contributed by atoms with E-state index in [0.29, 0.717) is 25.4 Å². The van der Waals surface area contributed by atoms with Crippen molar-refractivity contribution in [1.29, 1.82) is 0 Å². The highest BCUT2D eigenvalue weighted by Crippen LogP contribution is 2.46. The summed E-state index contributed by atoms with van der Waals surface area (Å²) in [6.45, 7) is 4.78. The molecule has 1 aromatic heterocycles. The second-order valence-corrected chi connectivity index (χ2v) is 8.85. The molecule has 4 atom stereocenters. The second kappa shape index (κ2) is 8.99. The maximum atomic E-state index is 14.4. The van der Waals surface area contributed by atoms with E-state index in [4.69, 9.17) is 9.47 Å². The molecule has 2 heterocycles. The molecule has 0 bridgehead atoms. The van der Waals surface area contributed by atoms with E-state index in [9.17, 15) is 13.6 Å². The molecule has 2 aromatic rings. The van der Waals surface area contributed by atoms with E-state index in [-0.39, 0.29) is 41.1 Å². The van der Waals surface area contributed by atoms with E-state index in [0.717, 1.165) is 24.1 Å². The molecule has 0 spiro atoms. The number of rotatable bonds is 4. The zero-order chi connectivity index (χ0) is 22.1. The monoisotopic (exact) mass is 430 g/mol. The molecular formula is C24H28F2N2O3. The van der Waals surface area contributed by atoms with Crippen LogP contribution in [0, 0.1) is 23.5 Å². The molecule has 1 aliphatic carbocycles. The highest BCUT2D eigenvalue weighted by molar-refractivity contribution is 5.72. The Hall–Kier alpha value is -2.41. The van der Waals surface area contributed by atoms with Crippen LogP contribution < -0.4 is 0 Å². The van der Waals surface area contributed by atoms with Gasteiger partial charge in [0.2, 0.25) is 0 Å². The van der Waals surface area contributed by atoms with Crippen molar-refractivity contribution < 1.29 is 23.0 Å². The summed E-state index contributed by atoms with van der Waals surface area (Å²) in [6, 6.07) is 5.59. The number of carbonyl (C=O) groups excluding carboxylic acids is 1. The van der Waals surface area contributed by atoms with Gasteiger partial charge in [-0.05, 0) is 61.3 Å². The first-order valence-corrected chi connectivity index (χ1v) is 10.9. The molecule has 0 amide bonds. The van der Waals surface area contributed by atoms with Crippen LogP contribution in [0.3, 0.4) is 0 Å². The number of esters is 1. The Labute approximate surface area is 181 Å². The van der Waals surface area contributed by atoms with Crippen molar-refractivity contribution in [3.63, 3.8) is 0 Å². The Balaban J connectivity index is 1.72. The minimum absolute atomic E-state index is 0.00975. The Morgan fingerprint density at radius 2 is 1.90 bits per heavy atom. The van der Waals surface area contributed by atoms with Crippen molar-refractivity contribution in [2.24, 2.45) is 11.8 Å². The number of fused-ring (bicyclic) bond motifs is 1. The van der Waals surface area contributed by atoms with Crippen LogP contribution in [0.25, 0.3) is 11.3 Å². The highest BCUT2D eigenvalue weighted by atomic mass is 19.1. The van der Waals surface area contributed by atoms with Gasteiger partial charge in [0.1, 0.15) is 11.6 Å². The number of ether oxygens (including phenoxy) is 2. The van der Waals surface area contributed by atoms with Gasteiger partial charge in [-0.3, -0.25) is 4.79 Å². The number of hydrogen-bond acceptors (Lipinski definition) is 5. The number of hydrogen-bond donors (Lipinski definition) is 0. The molecule has 0 N–H and O–H groups in total. The number of methoxy groups -OCH3 is 1. The van der Waals surface area contributed by atoms with Gasteiger partial charge in [-0.1, -0.05) is 19.9 Å². The van der Waals surface area contributed by atoms with Crippen LogP contribution in [0.2, 0.25) is 0 Å². The van der Waals surface area contributed by atoms with Gasteiger partial charge < -0.3 is 9.47 Å². The van der Waals surface area contributed by atoms with E-state index < -0.39 is 11.6 Å². The zero-order valence-corrected chi connectivity index (χ0v) is 18.1. The number of halogens is 2. The number of benzene rings is 1. The van der Waals surface area contributed by atoms with Gasteiger partial charge in [0, 0.05) is 12.5 Å². The van der Waals surface area contributed by atoms with Crippen LogP contribution in [0.15, 0.2) is 24.3 Å². The van der Waals surface area contributed by atoms with E-state index >= 15 is 0 Å². The first-order valence-electron chi connectivity index (χ1n) is 10.9. The number of aromatic nitrogens is 2. The molecular weight excluding hydrogens is 402 g/mol. The topological polar surface area (TPSA) is 61.3 Å². The predicted octanol–water partition coefficient (Wildman–Crippen LogP) is 5.01. The van der Waals surface area contributed by atoms with Gasteiger partial charge in [0.05, 0.1) is 36.1 Å². The summed E-state index contributed by atoms with van der Waals surface area (Å²) < 4.78 is 39.7. The summed E-state index contributed by atoms with van der Waals surface area (Å²) in [6.07, 6.45) is 2.86. The Morgan fingerprint density at radius 1 is 1.16 bits per heavy atom. The smallest absolute Gasteiger partial charge is 0.308 e. The second-order valence-electron chi connectivity index (χ2n) is 8.85. The SMILES string of the molecule is COC(=O)C1CCO[C@@H](C2CCC(C(C)C)c3cc(-c4c(F)cccc4F)nnc32)C1. The zero-order valence-electron chi connectivity index (χ0n) is 18.1. The molecule has 0 saturated carbocycles. The van der Waals surface area contributed by atoms with Gasteiger partial charge in [0.25, 0.3) is 0 Å². The molecule has 5 nitrogen and oxygen atoms in total. The maximum Gasteiger partial charge on any atom is 0.308 e. The van der Waals surface area contributed by atoms with E-state index in [1.165, 1.54) is 25.3 Å². The standard InChI is InChI=1S/C24H28F2N2O3/c1-13(2)15-7-8-16(21-11-14(9-10-31-21)24(29)30-3)23-17(15)12-20(27-28-23)22-18(25)5-4-6-19(22)26/h4-6,12-16,21H,7-11H2,1-3H3/t14?,15?,16?,21-/m1/s1. The average molecular weight is 430 g/mol. The Kier molecular flexibility index (Phi) is 6.32. The van der Waals surface area contributed by atoms with Gasteiger partial charge >= 0.3 is 5.97 Å². The van der Waals surface area contributed by atoms with Crippen molar-refractivity contribution in [3.8, 4) is 11.3 Å². The summed E-state index contributed by atoms with van der Waals surface area (Å²) in [5.74, 6) is -1.15. The number of carbonyl (C=O) groups is 1. The quantitative estimate of drug-likeness (QED) is 0.639. The minimum atomic E-state index is -0.653. The lowest BCUT2D eigenvalue weighted by Gasteiger charge is -2.39. The van der Waals surface area contributed by atoms with Gasteiger partial charge in [-0.2, -0.15) is 10.2 Å². The number of nitrogens with zero attached hydrogens (tertiary/aromatic N) is 2. The molecule has 4 rings (SSSR count). The lowest BCUT2D eigenvalue weighted by Crippen LogP contribution is -2.37. The van der Waals surface area contributed by atoms with Gasteiger partial charge in [-0.15, -0.1) is 0 Å². The van der Waals surface area contributed by atoms with Crippen LogP contribution >= 0.6 is 0 Å². The van der Waals surface area contributed by atoms with Crippen molar-refractivity contribution in [3.05, 3.63) is 47.2 Å². The summed E-state index contributed by atoms with van der Waals surface area (Å²) in [5.41, 5.74) is 1.85. The van der Waals surface area contributed by atoms with Crippen LogP contribution in [-0.2, 0) is 14.3 Å². The normalized spacial score (nSPS) is 25.9. The van der Waals surface area contributed by atoms with Crippen molar-refractivity contribution in [2.75, 3.05) is 13.7 Å². The molecule has 1 aromatic carbocycles. The fourth-order valence-corrected chi connectivity index (χ4v) is 5.06. The van der Waals surface area contributed by atoms with Crippen molar-refractivity contribution in [1.82, 2.24) is 10.2 Å². The summed E-state index contributed by atoms with van der Waals surface area (Å²) in [5, 5.41) is 8.69. The van der Waals surface area contributed by atoms with E-state index in [1.54, 1.807) is 6.07 Å². The first-order chi connectivity index (χ1) is 14.9. The minimum Gasteiger partial charge on any atom is -0.469 e. The lowest BCUT2D eigenvalue weighted by molar-refractivity contribution is -0.151. The lowest BCUT2D eigenvalue weighted by atomic mass is 9.71. The fraction of sp³-hybridized carbons (Fsp3) is 0.542. The highest BCUT2D eigenvalue weighted by Gasteiger charge is 2.40. The molecule has 31 heavy (non-hydrogen) atoms. The first kappa shape index (κ1) is 21.8. The molecule has 166 valence electrons. The fourth-order valence-electron chi connectivity index (χ4n) is 5.06. The van der Waals surface area contributed by atoms with E-state index in [1.807, 2.05) is 0 Å². The maximum absolute atomic E-state index is 14.4. The largest absolute Gasteiger partial charge is 0.469 e. The molecule has 3 unspecified atom stereocenters. The van der Waals surface area contributed by atoms with Gasteiger partial charge in [-0.25, -0.2) is 8.78 Å². The molecule has 0 radical (unpaired) electrons. The Morgan fingerprint density at radius 3 is 2.58 bits per heavy atom. The van der Waals surface area contributed by atoms with Crippen molar-refractivity contribution >= 4 is 5.97 Å². The summed E-state index contributed by atoms with van der Waals surface area (Å²) in [4.78, 5) is 12.1. The van der Waals surface area contributed by atoms with Crippen LogP contribution in [0.4, 0.5) is 8.78 Å². The van der Waals surface area contributed by atoms with Crippen LogP contribution in [0.5, 0.6) is 0 Å². The van der Waals surface area contributed by atoms with Crippen LogP contribution in [-0.4, -0.2) is 36.0 Å². The molecule has 1 saturated heterocycles. The van der Waals surface area contributed by atoms with E-state index in [2.05, 4.69) is 24.0 Å². The summed E-state index contributed by atoms with van der Waals surface area (Å²) >= 11 is 0. The Bertz CT molecular complexity index is 946. The molecule has 1 aliphatic heterocycles. The molecule has 2 aliphatic rings. The predicted molar refractivity (Wildman–Crippen MR) is 111 cm³/mol. The van der Waals surface area contributed by atoms with Crippen molar-refractivity contribution in [2.45, 2.75) is 57.5 Å². The summed E-state index contributed by atoms with van der Waals surface area (Å²) in [7, 11) is 1.41. The third-order valence-corrected chi connectivity index (χ3v) is 6.71. The third kappa shape index (κ3) is 4.20. The average Bonchev–Trinajstić information content (AvgIpc) is 2.77. The molecule has 7 heteroatoms. The third-order valence-electron chi connectivity index (χ3n) is 6.71. The van der Waals surface area contributed by atoms with Crippen LogP contribution in [0.1, 0.15) is 62.6 Å². The van der Waals surface area contributed by atoms with Gasteiger partial charge in [0.15, 0.2) is 0 Å². The molecule has 1 fully saturated rings.